The molecule has 4 nitrogen and oxygen atoms in total. The van der Waals surface area contributed by atoms with Crippen LogP contribution in [-0.4, -0.2) is 24.1 Å². The minimum Gasteiger partial charge on any atom is -0.467 e. The number of methoxy groups -OCH3 is 1. The number of carbonyl (C=O) groups excluding carboxylic acids is 1. The molecule has 17 heavy (non-hydrogen) atoms. The van der Waals surface area contributed by atoms with Crippen LogP contribution in [0.5, 0.6) is 0 Å². The van der Waals surface area contributed by atoms with Gasteiger partial charge in [-0.25, -0.2) is 4.79 Å². The van der Waals surface area contributed by atoms with Crippen LogP contribution < -0.4 is 5.32 Å². The standard InChI is InChI=1S/C12H17BrN2O2/c1-8(2)6-11(12(16)17-3)15-10-4-5-14-7-9(10)13/h4-5,7-8,11H,6H2,1-3H3,(H,14,15). The zero-order valence-electron chi connectivity index (χ0n) is 10.2. The molecule has 0 bridgehead atoms. The molecule has 0 radical (unpaired) electrons. The van der Waals surface area contributed by atoms with Crippen molar-refractivity contribution in [2.75, 3.05) is 12.4 Å². The van der Waals surface area contributed by atoms with Crippen molar-refractivity contribution in [2.45, 2.75) is 26.3 Å². The molecule has 0 aliphatic heterocycles. The molecule has 0 aromatic carbocycles. The first kappa shape index (κ1) is 14.0. The third-order valence-corrected chi connectivity index (χ3v) is 2.93. The number of hydrogen-bond donors (Lipinski definition) is 1. The number of nitrogens with one attached hydrogen (secondary N) is 1. The average Bonchev–Trinajstić information content (AvgIpc) is 2.29. The van der Waals surface area contributed by atoms with E-state index in [-0.39, 0.29) is 12.0 Å². The summed E-state index contributed by atoms with van der Waals surface area (Å²) in [4.78, 5) is 15.6. The molecule has 0 aliphatic carbocycles. The molecule has 0 aliphatic rings. The van der Waals surface area contributed by atoms with Crippen LogP contribution in [0.15, 0.2) is 22.9 Å². The normalized spacial score (nSPS) is 12.3. The number of esters is 1. The summed E-state index contributed by atoms with van der Waals surface area (Å²) in [6.45, 7) is 4.14. The van der Waals surface area contributed by atoms with Gasteiger partial charge in [-0.2, -0.15) is 0 Å². The molecule has 1 aromatic rings. The monoisotopic (exact) mass is 300 g/mol. The van der Waals surface area contributed by atoms with Gasteiger partial charge in [0.05, 0.1) is 17.3 Å². The lowest BCUT2D eigenvalue weighted by Gasteiger charge is -2.19. The fourth-order valence-electron chi connectivity index (χ4n) is 1.51. The maximum atomic E-state index is 11.6. The van der Waals surface area contributed by atoms with E-state index < -0.39 is 0 Å². The van der Waals surface area contributed by atoms with Crippen LogP contribution in [0.25, 0.3) is 0 Å². The molecule has 1 unspecified atom stereocenters. The van der Waals surface area contributed by atoms with Gasteiger partial charge in [0.15, 0.2) is 0 Å². The van der Waals surface area contributed by atoms with Crippen LogP contribution in [-0.2, 0) is 9.53 Å². The Labute approximate surface area is 110 Å². The topological polar surface area (TPSA) is 51.2 Å². The van der Waals surface area contributed by atoms with Crippen molar-refractivity contribution < 1.29 is 9.53 Å². The highest BCUT2D eigenvalue weighted by atomic mass is 79.9. The fraction of sp³-hybridized carbons (Fsp3) is 0.500. The highest BCUT2D eigenvalue weighted by molar-refractivity contribution is 9.10. The first-order chi connectivity index (χ1) is 8.04. The maximum absolute atomic E-state index is 11.6. The van der Waals surface area contributed by atoms with E-state index in [0.29, 0.717) is 5.92 Å². The molecule has 5 heteroatoms. The first-order valence-corrected chi connectivity index (χ1v) is 6.27. The minimum absolute atomic E-state index is 0.248. The molecule has 0 saturated heterocycles. The van der Waals surface area contributed by atoms with Gasteiger partial charge in [-0.05, 0) is 34.3 Å². The molecular weight excluding hydrogens is 284 g/mol. The summed E-state index contributed by atoms with van der Waals surface area (Å²) in [6.07, 6.45) is 4.09. The van der Waals surface area contributed by atoms with E-state index in [1.165, 1.54) is 7.11 Å². The molecule has 1 aromatic heterocycles. The molecule has 0 amide bonds. The van der Waals surface area contributed by atoms with Crippen molar-refractivity contribution in [2.24, 2.45) is 5.92 Å². The highest BCUT2D eigenvalue weighted by Gasteiger charge is 2.20. The summed E-state index contributed by atoms with van der Waals surface area (Å²) in [6, 6.07) is 1.49. The van der Waals surface area contributed by atoms with Crippen molar-refractivity contribution in [3.8, 4) is 0 Å². The molecule has 1 rings (SSSR count). The molecule has 0 fully saturated rings. The van der Waals surface area contributed by atoms with Crippen LogP contribution >= 0.6 is 15.9 Å². The van der Waals surface area contributed by atoms with E-state index in [4.69, 9.17) is 4.74 Å². The lowest BCUT2D eigenvalue weighted by Crippen LogP contribution is -2.32. The number of pyridine rings is 1. The van der Waals surface area contributed by atoms with Crippen LogP contribution in [0.1, 0.15) is 20.3 Å². The third-order valence-electron chi connectivity index (χ3n) is 2.29. The van der Waals surface area contributed by atoms with E-state index in [1.54, 1.807) is 12.4 Å². The largest absolute Gasteiger partial charge is 0.467 e. The zero-order valence-corrected chi connectivity index (χ0v) is 11.8. The first-order valence-electron chi connectivity index (χ1n) is 5.48. The number of rotatable bonds is 5. The number of carbonyl (C=O) groups is 1. The molecule has 0 spiro atoms. The Balaban J connectivity index is 2.79. The van der Waals surface area contributed by atoms with Crippen molar-refractivity contribution in [1.82, 2.24) is 4.98 Å². The van der Waals surface area contributed by atoms with Crippen LogP contribution in [0.2, 0.25) is 0 Å². The Morgan fingerprint density at radius 3 is 2.82 bits per heavy atom. The van der Waals surface area contributed by atoms with Crippen LogP contribution in [0.4, 0.5) is 5.69 Å². The average molecular weight is 301 g/mol. The van der Waals surface area contributed by atoms with Gasteiger partial charge < -0.3 is 10.1 Å². The molecule has 1 N–H and O–H groups in total. The molecular formula is C12H17BrN2O2. The number of anilines is 1. The van der Waals surface area contributed by atoms with Gasteiger partial charge in [0, 0.05) is 12.4 Å². The van der Waals surface area contributed by atoms with E-state index in [2.05, 4.69) is 40.1 Å². The van der Waals surface area contributed by atoms with Gasteiger partial charge in [-0.1, -0.05) is 13.8 Å². The lowest BCUT2D eigenvalue weighted by atomic mass is 10.0. The van der Waals surface area contributed by atoms with Crippen molar-refractivity contribution >= 4 is 27.6 Å². The lowest BCUT2D eigenvalue weighted by molar-refractivity contribution is -0.141. The Morgan fingerprint density at radius 1 is 1.59 bits per heavy atom. The SMILES string of the molecule is COC(=O)C(CC(C)C)Nc1ccncc1Br. The highest BCUT2D eigenvalue weighted by Crippen LogP contribution is 2.22. The minimum atomic E-state index is -0.335. The number of halogens is 1. The number of aromatic nitrogens is 1. The second kappa shape index (κ2) is 6.59. The van der Waals surface area contributed by atoms with E-state index >= 15 is 0 Å². The predicted octanol–water partition coefficient (Wildman–Crippen LogP) is 2.84. The second-order valence-electron chi connectivity index (χ2n) is 4.21. The Morgan fingerprint density at radius 2 is 2.29 bits per heavy atom. The summed E-state index contributed by atoms with van der Waals surface area (Å²) >= 11 is 3.38. The summed E-state index contributed by atoms with van der Waals surface area (Å²) in [7, 11) is 1.40. The molecule has 0 saturated carbocycles. The summed E-state index contributed by atoms with van der Waals surface area (Å²) in [5, 5.41) is 3.17. The van der Waals surface area contributed by atoms with Gasteiger partial charge in [0.1, 0.15) is 6.04 Å². The maximum Gasteiger partial charge on any atom is 0.328 e. The number of ether oxygens (including phenoxy) is 1. The van der Waals surface area contributed by atoms with Gasteiger partial charge in [0.25, 0.3) is 0 Å². The quantitative estimate of drug-likeness (QED) is 0.850. The molecule has 94 valence electrons. The summed E-state index contributed by atoms with van der Waals surface area (Å²) in [5.74, 6) is 0.162. The van der Waals surface area contributed by atoms with Gasteiger partial charge in [0.2, 0.25) is 0 Å². The van der Waals surface area contributed by atoms with Gasteiger partial charge in [-0.3, -0.25) is 4.98 Å². The van der Waals surface area contributed by atoms with Crippen molar-refractivity contribution in [3.05, 3.63) is 22.9 Å². The Kier molecular flexibility index (Phi) is 5.41. The summed E-state index contributed by atoms with van der Waals surface area (Å²) in [5.41, 5.74) is 0.844. The second-order valence-corrected chi connectivity index (χ2v) is 5.06. The van der Waals surface area contributed by atoms with Gasteiger partial charge in [-0.15, -0.1) is 0 Å². The fourth-order valence-corrected chi connectivity index (χ4v) is 1.87. The van der Waals surface area contributed by atoms with Crippen LogP contribution in [0, 0.1) is 5.92 Å². The predicted molar refractivity (Wildman–Crippen MR) is 70.8 cm³/mol. The van der Waals surface area contributed by atoms with Crippen molar-refractivity contribution in [1.29, 1.82) is 0 Å². The smallest absolute Gasteiger partial charge is 0.328 e. The Bertz CT molecular complexity index is 383. The van der Waals surface area contributed by atoms with Gasteiger partial charge >= 0.3 is 5.97 Å². The summed E-state index contributed by atoms with van der Waals surface area (Å²) < 4.78 is 5.62. The molecule has 1 atom stereocenters. The van der Waals surface area contributed by atoms with Crippen LogP contribution in [0.3, 0.4) is 0 Å². The van der Waals surface area contributed by atoms with E-state index in [1.807, 2.05) is 6.07 Å². The van der Waals surface area contributed by atoms with E-state index in [0.717, 1.165) is 16.6 Å². The zero-order chi connectivity index (χ0) is 12.8. The Hall–Kier alpha value is -1.10. The third kappa shape index (κ3) is 4.34. The number of hydrogen-bond acceptors (Lipinski definition) is 4. The van der Waals surface area contributed by atoms with Crippen molar-refractivity contribution in [3.63, 3.8) is 0 Å². The number of nitrogens with zero attached hydrogens (tertiary/aromatic N) is 1. The van der Waals surface area contributed by atoms with E-state index in [9.17, 15) is 4.79 Å². The molecule has 1 heterocycles.